The highest BCUT2D eigenvalue weighted by Gasteiger charge is 2.16. The van der Waals surface area contributed by atoms with Crippen LogP contribution in [0.2, 0.25) is 0 Å². The summed E-state index contributed by atoms with van der Waals surface area (Å²) in [6.45, 7) is 8.33. The van der Waals surface area contributed by atoms with E-state index in [0.717, 1.165) is 34.0 Å². The second-order valence-electron chi connectivity index (χ2n) is 5.78. The van der Waals surface area contributed by atoms with Crippen molar-refractivity contribution < 1.29 is 4.79 Å². The quantitative estimate of drug-likeness (QED) is 0.665. The molecule has 0 spiro atoms. The van der Waals surface area contributed by atoms with Crippen molar-refractivity contribution in [2.75, 3.05) is 0 Å². The molecule has 3 aromatic rings. The third-order valence-corrected chi connectivity index (χ3v) is 4.33. The fourth-order valence-electron chi connectivity index (χ4n) is 2.87. The minimum absolute atomic E-state index is 0.752. The van der Waals surface area contributed by atoms with Crippen LogP contribution in [-0.2, 0) is 0 Å². The van der Waals surface area contributed by atoms with Crippen LogP contribution in [0.1, 0.15) is 32.6 Å². The van der Waals surface area contributed by atoms with Gasteiger partial charge in [-0.05, 0) is 50.5 Å². The van der Waals surface area contributed by atoms with Gasteiger partial charge in [-0.3, -0.25) is 4.79 Å². The summed E-state index contributed by atoms with van der Waals surface area (Å²) in [6, 6.07) is 10.4. The van der Waals surface area contributed by atoms with Crippen LogP contribution in [0.5, 0.6) is 0 Å². The SMILES string of the molecule is Cc1ccc(C)c(-c2[nH]c3c(C)c(C)ccc3c2C=O)c1. The Kier molecular flexibility index (Phi) is 3.17. The van der Waals surface area contributed by atoms with Gasteiger partial charge in [0.25, 0.3) is 0 Å². The minimum Gasteiger partial charge on any atom is -0.354 e. The highest BCUT2D eigenvalue weighted by Crippen LogP contribution is 2.33. The molecule has 106 valence electrons. The molecule has 1 heterocycles. The fraction of sp³-hybridized carbons (Fsp3) is 0.211. The van der Waals surface area contributed by atoms with Crippen molar-refractivity contribution in [2.24, 2.45) is 0 Å². The summed E-state index contributed by atoms with van der Waals surface area (Å²) in [4.78, 5) is 15.1. The lowest BCUT2D eigenvalue weighted by Crippen LogP contribution is -1.89. The van der Waals surface area contributed by atoms with E-state index in [0.29, 0.717) is 0 Å². The van der Waals surface area contributed by atoms with Crippen molar-refractivity contribution in [1.82, 2.24) is 4.98 Å². The van der Waals surface area contributed by atoms with Crippen LogP contribution < -0.4 is 0 Å². The number of carbonyl (C=O) groups is 1. The van der Waals surface area contributed by atoms with E-state index in [2.05, 4.69) is 56.9 Å². The van der Waals surface area contributed by atoms with Gasteiger partial charge in [0.2, 0.25) is 0 Å². The summed E-state index contributed by atoms with van der Waals surface area (Å²) in [5.74, 6) is 0. The molecule has 0 aliphatic heterocycles. The second-order valence-corrected chi connectivity index (χ2v) is 5.78. The number of fused-ring (bicyclic) bond motifs is 1. The summed E-state index contributed by atoms with van der Waals surface area (Å²) in [7, 11) is 0. The lowest BCUT2D eigenvalue weighted by Gasteiger charge is -2.06. The number of nitrogens with one attached hydrogen (secondary N) is 1. The Hall–Kier alpha value is -2.35. The number of aromatic nitrogens is 1. The van der Waals surface area contributed by atoms with E-state index in [9.17, 15) is 4.79 Å². The second kappa shape index (κ2) is 4.88. The zero-order valence-electron chi connectivity index (χ0n) is 12.9. The maximum absolute atomic E-state index is 11.6. The van der Waals surface area contributed by atoms with Gasteiger partial charge in [-0.1, -0.05) is 29.8 Å². The summed E-state index contributed by atoms with van der Waals surface area (Å²) in [5, 5.41) is 1.00. The maximum Gasteiger partial charge on any atom is 0.152 e. The van der Waals surface area contributed by atoms with E-state index in [1.54, 1.807) is 0 Å². The van der Waals surface area contributed by atoms with Crippen LogP contribution in [0.3, 0.4) is 0 Å². The van der Waals surface area contributed by atoms with Crippen molar-refractivity contribution in [1.29, 1.82) is 0 Å². The van der Waals surface area contributed by atoms with Crippen LogP contribution in [0.15, 0.2) is 30.3 Å². The molecule has 0 saturated heterocycles. The number of aldehydes is 1. The molecule has 1 aromatic heterocycles. The predicted molar refractivity (Wildman–Crippen MR) is 88.1 cm³/mol. The van der Waals surface area contributed by atoms with E-state index in [1.807, 2.05) is 6.07 Å². The molecule has 0 saturated carbocycles. The first-order valence-electron chi connectivity index (χ1n) is 7.17. The summed E-state index contributed by atoms with van der Waals surface area (Å²) in [6.07, 6.45) is 0.963. The first-order chi connectivity index (χ1) is 10.0. The van der Waals surface area contributed by atoms with E-state index < -0.39 is 0 Å². The van der Waals surface area contributed by atoms with Crippen molar-refractivity contribution in [3.8, 4) is 11.3 Å². The topological polar surface area (TPSA) is 32.9 Å². The number of rotatable bonds is 2. The smallest absolute Gasteiger partial charge is 0.152 e. The van der Waals surface area contributed by atoms with Gasteiger partial charge in [-0.15, -0.1) is 0 Å². The Balaban J connectivity index is 2.40. The summed E-state index contributed by atoms with van der Waals surface area (Å²) in [5.41, 5.74) is 8.64. The Morgan fingerprint density at radius 1 is 0.952 bits per heavy atom. The maximum atomic E-state index is 11.6. The molecule has 1 N–H and O–H groups in total. The first kappa shape index (κ1) is 13.6. The molecule has 0 amide bonds. The third kappa shape index (κ3) is 2.07. The number of benzene rings is 2. The van der Waals surface area contributed by atoms with Crippen molar-refractivity contribution in [3.63, 3.8) is 0 Å². The largest absolute Gasteiger partial charge is 0.354 e. The van der Waals surface area contributed by atoms with Gasteiger partial charge in [0, 0.05) is 22.0 Å². The molecule has 0 aliphatic rings. The van der Waals surface area contributed by atoms with Crippen LogP contribution in [0, 0.1) is 27.7 Å². The van der Waals surface area contributed by atoms with Crippen molar-refractivity contribution in [3.05, 3.63) is 58.1 Å². The Morgan fingerprint density at radius 2 is 1.67 bits per heavy atom. The molecule has 0 fully saturated rings. The average Bonchev–Trinajstić information content (AvgIpc) is 2.84. The van der Waals surface area contributed by atoms with Crippen LogP contribution >= 0.6 is 0 Å². The minimum atomic E-state index is 0.752. The lowest BCUT2D eigenvalue weighted by atomic mass is 9.99. The fourth-order valence-corrected chi connectivity index (χ4v) is 2.87. The molecule has 0 radical (unpaired) electrons. The van der Waals surface area contributed by atoms with Gasteiger partial charge in [-0.2, -0.15) is 0 Å². The average molecular weight is 277 g/mol. The van der Waals surface area contributed by atoms with E-state index in [-0.39, 0.29) is 0 Å². The van der Waals surface area contributed by atoms with Crippen LogP contribution in [0.4, 0.5) is 0 Å². The van der Waals surface area contributed by atoms with Gasteiger partial charge < -0.3 is 4.98 Å². The normalized spacial score (nSPS) is 11.0. The third-order valence-electron chi connectivity index (χ3n) is 4.33. The van der Waals surface area contributed by atoms with Crippen molar-refractivity contribution >= 4 is 17.2 Å². The Labute approximate surface area is 124 Å². The van der Waals surface area contributed by atoms with Gasteiger partial charge in [0.1, 0.15) is 0 Å². The molecule has 3 rings (SSSR count). The molecule has 0 unspecified atom stereocenters. The monoisotopic (exact) mass is 277 g/mol. The molecule has 2 heteroatoms. The summed E-state index contributed by atoms with van der Waals surface area (Å²) < 4.78 is 0. The van der Waals surface area contributed by atoms with E-state index in [4.69, 9.17) is 0 Å². The zero-order chi connectivity index (χ0) is 15.1. The molecule has 21 heavy (non-hydrogen) atoms. The molecular weight excluding hydrogens is 258 g/mol. The molecular formula is C19H19NO. The predicted octanol–water partition coefficient (Wildman–Crippen LogP) is 4.88. The zero-order valence-corrected chi connectivity index (χ0v) is 12.9. The van der Waals surface area contributed by atoms with Crippen LogP contribution in [-0.4, -0.2) is 11.3 Å². The number of carbonyl (C=O) groups excluding carboxylic acids is 1. The number of hydrogen-bond acceptors (Lipinski definition) is 1. The number of H-pyrrole nitrogens is 1. The van der Waals surface area contributed by atoms with Gasteiger partial charge >= 0.3 is 0 Å². The van der Waals surface area contributed by atoms with Crippen LogP contribution in [0.25, 0.3) is 22.2 Å². The highest BCUT2D eigenvalue weighted by atomic mass is 16.1. The Bertz CT molecular complexity index is 856. The van der Waals surface area contributed by atoms with E-state index in [1.165, 1.54) is 22.3 Å². The standard InChI is InChI=1S/C19H19NO/c1-11-5-6-13(3)16(9-11)19-17(10-21)15-8-7-12(2)14(4)18(15)20-19/h5-10,20H,1-4H3. The van der Waals surface area contributed by atoms with Crippen molar-refractivity contribution in [2.45, 2.75) is 27.7 Å². The van der Waals surface area contributed by atoms with Gasteiger partial charge in [0.15, 0.2) is 6.29 Å². The van der Waals surface area contributed by atoms with E-state index >= 15 is 0 Å². The number of aromatic amines is 1. The molecule has 0 atom stereocenters. The van der Waals surface area contributed by atoms with Gasteiger partial charge in [-0.25, -0.2) is 0 Å². The highest BCUT2D eigenvalue weighted by molar-refractivity contribution is 6.05. The lowest BCUT2D eigenvalue weighted by molar-refractivity contribution is 0.112. The Morgan fingerprint density at radius 3 is 2.38 bits per heavy atom. The number of aryl methyl sites for hydroxylation is 4. The van der Waals surface area contributed by atoms with Gasteiger partial charge in [0.05, 0.1) is 5.69 Å². The molecule has 2 aromatic carbocycles. The molecule has 0 aliphatic carbocycles. The molecule has 2 nitrogen and oxygen atoms in total. The number of hydrogen-bond donors (Lipinski definition) is 1. The summed E-state index contributed by atoms with van der Waals surface area (Å²) >= 11 is 0. The molecule has 0 bridgehead atoms. The first-order valence-corrected chi connectivity index (χ1v) is 7.17.